The third-order valence-electron chi connectivity index (χ3n) is 3.32. The zero-order valence-electron chi connectivity index (χ0n) is 14.4. The number of nitrogens with zero attached hydrogens (tertiary/aromatic N) is 1. The van der Waals surface area contributed by atoms with Crippen molar-refractivity contribution in [1.82, 2.24) is 5.06 Å². The number of rotatable bonds is 10. The van der Waals surface area contributed by atoms with E-state index in [0.717, 1.165) is 36.8 Å². The summed E-state index contributed by atoms with van der Waals surface area (Å²) in [6, 6.07) is 2.64. The first kappa shape index (κ1) is 19.2. The third-order valence-corrected chi connectivity index (χ3v) is 3.32. The molecule has 0 bridgehead atoms. The average molecular weight is 327 g/mol. The minimum Gasteiger partial charge on any atom is -0.490 e. The molecule has 0 aliphatic carbocycles. The first-order valence-electron chi connectivity index (χ1n) is 7.96. The van der Waals surface area contributed by atoms with Crippen LogP contribution in [0.5, 0.6) is 11.5 Å². The number of benzene rings is 1. The molecular weight excluding hydrogens is 301 g/mol. The molecule has 0 aliphatic rings. The lowest BCUT2D eigenvalue weighted by molar-refractivity contribution is -0.0757. The van der Waals surface area contributed by atoms with E-state index in [4.69, 9.17) is 14.3 Å². The molecule has 0 aromatic heterocycles. The summed E-state index contributed by atoms with van der Waals surface area (Å²) in [5.74, 6) is -0.747. The van der Waals surface area contributed by atoms with E-state index in [2.05, 4.69) is 0 Å². The van der Waals surface area contributed by atoms with Crippen LogP contribution in [-0.2, 0) is 4.84 Å². The summed E-state index contributed by atoms with van der Waals surface area (Å²) in [5, 5.41) is 1.03. The number of hydrogen-bond acceptors (Lipinski definition) is 4. The number of ether oxygens (including phenoxy) is 2. The van der Waals surface area contributed by atoms with E-state index >= 15 is 0 Å². The molecule has 6 heteroatoms. The minimum absolute atomic E-state index is 0.0613. The van der Waals surface area contributed by atoms with Gasteiger partial charge in [-0.15, -0.1) is 0 Å². The van der Waals surface area contributed by atoms with Crippen LogP contribution < -0.4 is 9.47 Å². The van der Waals surface area contributed by atoms with E-state index in [9.17, 15) is 9.18 Å². The van der Waals surface area contributed by atoms with Gasteiger partial charge in [0.2, 0.25) is 0 Å². The van der Waals surface area contributed by atoms with Gasteiger partial charge in [0.1, 0.15) is 0 Å². The van der Waals surface area contributed by atoms with Crippen LogP contribution in [0.3, 0.4) is 0 Å². The van der Waals surface area contributed by atoms with E-state index in [0.29, 0.717) is 13.2 Å². The van der Waals surface area contributed by atoms with Crippen LogP contribution >= 0.6 is 0 Å². The molecule has 130 valence electrons. The molecule has 0 unspecified atom stereocenters. The van der Waals surface area contributed by atoms with E-state index in [1.54, 1.807) is 0 Å². The Morgan fingerprint density at radius 3 is 2.30 bits per heavy atom. The van der Waals surface area contributed by atoms with E-state index in [1.165, 1.54) is 20.2 Å². The molecule has 0 heterocycles. The summed E-state index contributed by atoms with van der Waals surface area (Å²) in [6.07, 6.45) is 3.56. The van der Waals surface area contributed by atoms with Gasteiger partial charge >= 0.3 is 0 Å². The second-order valence-corrected chi connectivity index (χ2v) is 5.17. The average Bonchev–Trinajstić information content (AvgIpc) is 2.55. The van der Waals surface area contributed by atoms with Crippen LogP contribution in [0.15, 0.2) is 12.1 Å². The quantitative estimate of drug-likeness (QED) is 0.484. The fourth-order valence-electron chi connectivity index (χ4n) is 1.85. The molecule has 0 radical (unpaired) electrons. The van der Waals surface area contributed by atoms with Crippen molar-refractivity contribution >= 4 is 5.91 Å². The molecule has 0 aliphatic heterocycles. The largest absolute Gasteiger partial charge is 0.490 e. The maximum Gasteiger partial charge on any atom is 0.277 e. The maximum absolute atomic E-state index is 14.4. The predicted molar refractivity (Wildman–Crippen MR) is 86.3 cm³/mol. The van der Waals surface area contributed by atoms with E-state index in [1.807, 2.05) is 13.8 Å². The fourth-order valence-corrected chi connectivity index (χ4v) is 1.85. The number of amides is 1. The van der Waals surface area contributed by atoms with Crippen molar-refractivity contribution in [2.75, 3.05) is 27.4 Å². The molecule has 1 aromatic carbocycles. The van der Waals surface area contributed by atoms with Gasteiger partial charge in [0.05, 0.1) is 20.3 Å². The molecule has 0 saturated carbocycles. The second kappa shape index (κ2) is 10.0. The zero-order chi connectivity index (χ0) is 17.2. The topological polar surface area (TPSA) is 48.0 Å². The first-order valence-corrected chi connectivity index (χ1v) is 7.96. The Bertz CT molecular complexity index is 508. The Morgan fingerprint density at radius 2 is 1.74 bits per heavy atom. The highest BCUT2D eigenvalue weighted by Gasteiger charge is 2.19. The lowest BCUT2D eigenvalue weighted by Gasteiger charge is -2.17. The Hall–Kier alpha value is -1.82. The number of carbonyl (C=O) groups excluding carboxylic acids is 1. The van der Waals surface area contributed by atoms with Crippen LogP contribution in [0, 0.1) is 5.82 Å². The van der Waals surface area contributed by atoms with E-state index in [-0.39, 0.29) is 17.1 Å². The van der Waals surface area contributed by atoms with Crippen molar-refractivity contribution in [3.63, 3.8) is 0 Å². The van der Waals surface area contributed by atoms with E-state index < -0.39 is 11.7 Å². The van der Waals surface area contributed by atoms with Gasteiger partial charge in [0, 0.05) is 12.6 Å². The molecule has 0 atom stereocenters. The Morgan fingerprint density at radius 1 is 1.13 bits per heavy atom. The number of hydroxylamine groups is 2. The van der Waals surface area contributed by atoms with Crippen LogP contribution in [0.1, 0.15) is 49.9 Å². The molecule has 1 aromatic rings. The molecule has 0 saturated heterocycles. The van der Waals surface area contributed by atoms with Gasteiger partial charge in [-0.3, -0.25) is 9.63 Å². The Kier molecular flexibility index (Phi) is 8.40. The third kappa shape index (κ3) is 5.71. The SMILES string of the molecule is CCCCOc1cc(C(=O)N(C)OC)cc(F)c1OCCCC. The first-order chi connectivity index (χ1) is 11.0. The summed E-state index contributed by atoms with van der Waals surface area (Å²) in [5.41, 5.74) is 0.154. The van der Waals surface area contributed by atoms with Crippen LogP contribution in [0.4, 0.5) is 4.39 Å². The summed E-state index contributed by atoms with van der Waals surface area (Å²) in [6.45, 7) is 4.91. The van der Waals surface area contributed by atoms with Crippen molar-refractivity contribution in [2.45, 2.75) is 39.5 Å². The molecular formula is C17H26FNO4. The van der Waals surface area contributed by atoms with Crippen LogP contribution in [0.2, 0.25) is 0 Å². The smallest absolute Gasteiger partial charge is 0.277 e. The molecule has 23 heavy (non-hydrogen) atoms. The molecule has 5 nitrogen and oxygen atoms in total. The zero-order valence-corrected chi connectivity index (χ0v) is 14.4. The van der Waals surface area contributed by atoms with Crippen LogP contribution in [0.25, 0.3) is 0 Å². The number of halogens is 1. The van der Waals surface area contributed by atoms with Crippen LogP contribution in [-0.4, -0.2) is 38.3 Å². The fraction of sp³-hybridized carbons (Fsp3) is 0.588. The number of hydrogen-bond donors (Lipinski definition) is 0. The molecule has 0 N–H and O–H groups in total. The van der Waals surface area contributed by atoms with Crippen molar-refractivity contribution in [3.05, 3.63) is 23.5 Å². The number of unbranched alkanes of at least 4 members (excludes halogenated alkanes) is 2. The van der Waals surface area contributed by atoms with Crippen molar-refractivity contribution < 1.29 is 23.5 Å². The minimum atomic E-state index is -0.608. The van der Waals surface area contributed by atoms with Gasteiger partial charge in [-0.25, -0.2) is 9.45 Å². The predicted octanol–water partition coefficient (Wildman–Crippen LogP) is 3.82. The Balaban J connectivity index is 3.05. The van der Waals surface area contributed by atoms with Crippen molar-refractivity contribution in [2.24, 2.45) is 0 Å². The summed E-state index contributed by atoms with van der Waals surface area (Å²) >= 11 is 0. The normalized spacial score (nSPS) is 10.5. The van der Waals surface area contributed by atoms with Gasteiger partial charge in [0.15, 0.2) is 17.3 Å². The van der Waals surface area contributed by atoms with Gasteiger partial charge in [0.25, 0.3) is 5.91 Å². The lowest BCUT2D eigenvalue weighted by Crippen LogP contribution is -2.25. The highest BCUT2D eigenvalue weighted by molar-refractivity contribution is 5.94. The van der Waals surface area contributed by atoms with Gasteiger partial charge < -0.3 is 9.47 Å². The van der Waals surface area contributed by atoms with Gasteiger partial charge in [-0.05, 0) is 25.0 Å². The second-order valence-electron chi connectivity index (χ2n) is 5.17. The highest BCUT2D eigenvalue weighted by Crippen LogP contribution is 2.33. The molecule has 0 fully saturated rings. The van der Waals surface area contributed by atoms with Crippen molar-refractivity contribution in [3.8, 4) is 11.5 Å². The van der Waals surface area contributed by atoms with Crippen molar-refractivity contribution in [1.29, 1.82) is 0 Å². The molecule has 0 spiro atoms. The Labute approximate surface area is 137 Å². The summed E-state index contributed by atoms with van der Waals surface area (Å²) in [7, 11) is 2.83. The molecule has 1 amide bonds. The monoisotopic (exact) mass is 327 g/mol. The molecule has 1 rings (SSSR count). The summed E-state index contributed by atoms with van der Waals surface area (Å²) in [4.78, 5) is 17.0. The lowest BCUT2D eigenvalue weighted by atomic mass is 10.1. The van der Waals surface area contributed by atoms with Gasteiger partial charge in [-0.1, -0.05) is 26.7 Å². The van der Waals surface area contributed by atoms with Gasteiger partial charge in [-0.2, -0.15) is 0 Å². The maximum atomic E-state index is 14.4. The summed E-state index contributed by atoms with van der Waals surface area (Å²) < 4.78 is 25.5. The standard InChI is InChI=1S/C17H26FNO4/c1-5-7-9-22-15-12-13(17(20)19(3)21-4)11-14(18)16(15)23-10-8-6-2/h11-12H,5-10H2,1-4H3. The highest BCUT2D eigenvalue weighted by atomic mass is 19.1. The number of carbonyl (C=O) groups is 1.